The van der Waals surface area contributed by atoms with E-state index in [0.29, 0.717) is 13.0 Å². The van der Waals surface area contributed by atoms with E-state index in [1.807, 2.05) is 6.92 Å². The first kappa shape index (κ1) is 15.3. The number of nitrogens with two attached hydrogens (primary N) is 1. The van der Waals surface area contributed by atoms with Gasteiger partial charge in [0.25, 0.3) is 0 Å². The molecule has 3 atom stereocenters. The highest BCUT2D eigenvalue weighted by atomic mass is 16.4. The fourth-order valence-corrected chi connectivity index (χ4v) is 2.68. The molecule has 114 valence electrons. The Hall–Kier alpha value is -2.08. The Kier molecular flexibility index (Phi) is 4.47. The molecule has 6 heteroatoms. The van der Waals surface area contributed by atoms with E-state index >= 15 is 0 Å². The van der Waals surface area contributed by atoms with Crippen LogP contribution in [0.15, 0.2) is 24.3 Å². The molecule has 4 N–H and O–H groups in total. The molecule has 1 amide bonds. The topological polar surface area (TPSA) is 104 Å². The summed E-state index contributed by atoms with van der Waals surface area (Å²) in [5.74, 6) is -1.51. The average molecular weight is 292 g/mol. The molecule has 0 saturated carbocycles. The van der Waals surface area contributed by atoms with Crippen molar-refractivity contribution in [3.8, 4) is 5.75 Å². The van der Waals surface area contributed by atoms with E-state index in [1.165, 1.54) is 4.90 Å². The summed E-state index contributed by atoms with van der Waals surface area (Å²) in [4.78, 5) is 24.9. The second kappa shape index (κ2) is 6.13. The first-order chi connectivity index (χ1) is 9.88. The molecule has 1 heterocycles. The third-order valence-corrected chi connectivity index (χ3v) is 3.95. The summed E-state index contributed by atoms with van der Waals surface area (Å²) in [7, 11) is 0. The highest BCUT2D eigenvalue weighted by Gasteiger charge is 2.38. The van der Waals surface area contributed by atoms with Crippen LogP contribution < -0.4 is 5.73 Å². The van der Waals surface area contributed by atoms with Gasteiger partial charge in [0.1, 0.15) is 5.75 Å². The number of likely N-dealkylation sites (tertiary alicyclic amines) is 1. The van der Waals surface area contributed by atoms with Gasteiger partial charge in [-0.3, -0.25) is 9.59 Å². The molecule has 6 nitrogen and oxygen atoms in total. The minimum absolute atomic E-state index is 0.0627. The lowest BCUT2D eigenvalue weighted by Crippen LogP contribution is -2.44. The number of aliphatic carboxylic acids is 1. The van der Waals surface area contributed by atoms with Gasteiger partial charge in [-0.05, 0) is 30.0 Å². The number of aromatic hydroxyl groups is 1. The SMILES string of the molecule is CC1CN(C(=O)[C@H](N)Cc2ccc(O)cc2)CC1C(=O)O. The van der Waals surface area contributed by atoms with Gasteiger partial charge in [-0.15, -0.1) is 0 Å². The highest BCUT2D eigenvalue weighted by molar-refractivity contribution is 5.83. The quantitative estimate of drug-likeness (QED) is 0.747. The van der Waals surface area contributed by atoms with Crippen molar-refractivity contribution >= 4 is 11.9 Å². The lowest BCUT2D eigenvalue weighted by atomic mass is 9.99. The zero-order chi connectivity index (χ0) is 15.6. The van der Waals surface area contributed by atoms with Crippen LogP contribution in [-0.4, -0.2) is 46.1 Å². The summed E-state index contributed by atoms with van der Waals surface area (Å²) in [6.07, 6.45) is 0.363. The van der Waals surface area contributed by atoms with E-state index in [0.717, 1.165) is 5.56 Å². The van der Waals surface area contributed by atoms with Crippen molar-refractivity contribution in [1.82, 2.24) is 4.90 Å². The largest absolute Gasteiger partial charge is 0.508 e. The number of hydrogen-bond acceptors (Lipinski definition) is 4. The second-order valence-corrected chi connectivity index (χ2v) is 5.64. The van der Waals surface area contributed by atoms with Gasteiger partial charge in [0.05, 0.1) is 12.0 Å². The third-order valence-electron chi connectivity index (χ3n) is 3.95. The molecule has 0 aliphatic carbocycles. The number of phenolic OH excluding ortho intramolecular Hbond substituents is 1. The van der Waals surface area contributed by atoms with Gasteiger partial charge in [-0.1, -0.05) is 19.1 Å². The third kappa shape index (κ3) is 3.52. The Morgan fingerprint density at radius 2 is 1.95 bits per heavy atom. The lowest BCUT2D eigenvalue weighted by molar-refractivity contribution is -0.142. The lowest BCUT2D eigenvalue weighted by Gasteiger charge is -2.20. The van der Waals surface area contributed by atoms with E-state index in [9.17, 15) is 14.7 Å². The van der Waals surface area contributed by atoms with Crippen LogP contribution in [0.5, 0.6) is 5.75 Å². The maximum absolute atomic E-state index is 12.3. The number of carboxylic acid groups (broad SMARTS) is 1. The minimum atomic E-state index is -0.870. The van der Waals surface area contributed by atoms with Crippen LogP contribution in [-0.2, 0) is 16.0 Å². The van der Waals surface area contributed by atoms with E-state index in [-0.39, 0.29) is 24.1 Å². The average Bonchev–Trinajstić information content (AvgIpc) is 2.82. The van der Waals surface area contributed by atoms with Gasteiger partial charge >= 0.3 is 5.97 Å². The Balaban J connectivity index is 1.97. The molecule has 2 rings (SSSR count). The Bertz CT molecular complexity index is 529. The summed E-state index contributed by atoms with van der Waals surface area (Å²) in [6.45, 7) is 2.48. The molecule has 0 radical (unpaired) electrons. The molecular weight excluding hydrogens is 272 g/mol. The van der Waals surface area contributed by atoms with E-state index in [4.69, 9.17) is 10.8 Å². The first-order valence-corrected chi connectivity index (χ1v) is 6.93. The number of rotatable bonds is 4. The zero-order valence-corrected chi connectivity index (χ0v) is 11.9. The molecule has 1 aliphatic rings. The Labute approximate surface area is 123 Å². The fourth-order valence-electron chi connectivity index (χ4n) is 2.68. The number of carbonyl (C=O) groups is 2. The zero-order valence-electron chi connectivity index (χ0n) is 11.9. The summed E-state index contributed by atoms with van der Waals surface area (Å²) >= 11 is 0. The van der Waals surface area contributed by atoms with Crippen LogP contribution >= 0.6 is 0 Å². The maximum atomic E-state index is 12.3. The number of carboxylic acids is 1. The molecule has 1 aromatic rings. The van der Waals surface area contributed by atoms with Gasteiger partial charge in [-0.25, -0.2) is 0 Å². The number of benzene rings is 1. The Morgan fingerprint density at radius 3 is 2.48 bits per heavy atom. The molecule has 0 bridgehead atoms. The number of carbonyl (C=O) groups excluding carboxylic acids is 1. The van der Waals surface area contributed by atoms with Crippen LogP contribution in [0.1, 0.15) is 12.5 Å². The monoisotopic (exact) mass is 292 g/mol. The van der Waals surface area contributed by atoms with Crippen molar-refractivity contribution in [3.63, 3.8) is 0 Å². The smallest absolute Gasteiger partial charge is 0.308 e. The first-order valence-electron chi connectivity index (χ1n) is 6.93. The summed E-state index contributed by atoms with van der Waals surface area (Å²) in [5.41, 5.74) is 6.79. The van der Waals surface area contributed by atoms with Crippen molar-refractivity contribution in [1.29, 1.82) is 0 Å². The molecule has 1 aliphatic heterocycles. The van der Waals surface area contributed by atoms with Gasteiger partial charge in [0.2, 0.25) is 5.91 Å². The normalized spacial score (nSPS) is 23.0. The summed E-state index contributed by atoms with van der Waals surface area (Å²) < 4.78 is 0. The van der Waals surface area contributed by atoms with E-state index in [2.05, 4.69) is 0 Å². The van der Waals surface area contributed by atoms with E-state index < -0.39 is 17.9 Å². The second-order valence-electron chi connectivity index (χ2n) is 5.64. The molecular formula is C15H20N2O4. The van der Waals surface area contributed by atoms with Crippen LogP contribution in [0, 0.1) is 11.8 Å². The molecule has 0 aromatic heterocycles. The van der Waals surface area contributed by atoms with Crippen LogP contribution in [0.2, 0.25) is 0 Å². The molecule has 2 unspecified atom stereocenters. The predicted octanol–water partition coefficient (Wildman–Crippen LogP) is 0.441. The van der Waals surface area contributed by atoms with E-state index in [1.54, 1.807) is 24.3 Å². The molecule has 1 aromatic carbocycles. The van der Waals surface area contributed by atoms with Crippen molar-refractivity contribution in [2.45, 2.75) is 19.4 Å². The minimum Gasteiger partial charge on any atom is -0.508 e. The number of phenols is 1. The number of hydrogen-bond donors (Lipinski definition) is 3. The van der Waals surface area contributed by atoms with Gasteiger partial charge in [0.15, 0.2) is 0 Å². The van der Waals surface area contributed by atoms with Gasteiger partial charge in [-0.2, -0.15) is 0 Å². The van der Waals surface area contributed by atoms with Crippen molar-refractivity contribution < 1.29 is 19.8 Å². The summed E-state index contributed by atoms with van der Waals surface area (Å²) in [5, 5.41) is 18.3. The van der Waals surface area contributed by atoms with Crippen LogP contribution in [0.4, 0.5) is 0 Å². The molecule has 1 saturated heterocycles. The summed E-state index contributed by atoms with van der Waals surface area (Å²) in [6, 6.07) is 5.83. The van der Waals surface area contributed by atoms with Gasteiger partial charge in [0, 0.05) is 13.1 Å². The van der Waals surface area contributed by atoms with Crippen LogP contribution in [0.3, 0.4) is 0 Å². The van der Waals surface area contributed by atoms with Crippen molar-refractivity contribution in [3.05, 3.63) is 29.8 Å². The van der Waals surface area contributed by atoms with Crippen molar-refractivity contribution in [2.75, 3.05) is 13.1 Å². The Morgan fingerprint density at radius 1 is 1.33 bits per heavy atom. The number of amides is 1. The predicted molar refractivity (Wildman–Crippen MR) is 76.7 cm³/mol. The van der Waals surface area contributed by atoms with Crippen molar-refractivity contribution in [2.24, 2.45) is 17.6 Å². The van der Waals surface area contributed by atoms with Gasteiger partial charge < -0.3 is 20.8 Å². The fraction of sp³-hybridized carbons (Fsp3) is 0.467. The van der Waals surface area contributed by atoms with Crippen LogP contribution in [0.25, 0.3) is 0 Å². The number of nitrogens with zero attached hydrogens (tertiary/aromatic N) is 1. The molecule has 21 heavy (non-hydrogen) atoms. The standard InChI is InChI=1S/C15H20N2O4/c1-9-7-17(8-12(9)15(20)21)14(19)13(16)6-10-2-4-11(18)5-3-10/h2-5,9,12-13,18H,6-8,16H2,1H3,(H,20,21)/t9?,12?,13-/m1/s1. The maximum Gasteiger partial charge on any atom is 0.308 e. The highest BCUT2D eigenvalue weighted by Crippen LogP contribution is 2.24. The molecule has 1 fully saturated rings. The molecule has 0 spiro atoms.